The van der Waals surface area contributed by atoms with Crippen LogP contribution < -0.4 is 27.8 Å². The molecule has 0 aliphatic carbocycles. The number of ether oxygens (including phenoxy) is 1. The summed E-state index contributed by atoms with van der Waals surface area (Å²) in [6.45, 7) is 0.864. The van der Waals surface area contributed by atoms with Crippen LogP contribution >= 0.6 is 0 Å². The van der Waals surface area contributed by atoms with Crippen molar-refractivity contribution in [1.82, 2.24) is 9.88 Å². The second-order valence-electron chi connectivity index (χ2n) is 5.61. The van der Waals surface area contributed by atoms with E-state index >= 15 is 0 Å². The number of halogens is 1. The topological polar surface area (TPSA) is 55.3 Å². The van der Waals surface area contributed by atoms with E-state index in [-0.39, 0.29) is 24.9 Å². The fraction of sp³-hybridized carbons (Fsp3) is 0.150. The molecule has 3 rings (SSSR count). The van der Waals surface area contributed by atoms with E-state index in [4.69, 9.17) is 4.74 Å². The van der Waals surface area contributed by atoms with Crippen LogP contribution in [0.5, 0.6) is 5.75 Å². The van der Waals surface area contributed by atoms with E-state index in [2.05, 4.69) is 10.6 Å². The number of carbonyl (C=O) groups excluding carboxylic acids is 1. The lowest BCUT2D eigenvalue weighted by molar-refractivity contribution is -0.115. The molecular weight excluding hydrogens is 350 g/mol. The number of aromatic nitrogens is 1. The highest BCUT2D eigenvalue weighted by Crippen LogP contribution is 2.19. The van der Waals surface area contributed by atoms with E-state index in [1.807, 2.05) is 77.6 Å². The molecule has 0 radical (unpaired) electrons. The molecule has 136 valence electrons. The number of anilines is 1. The second kappa shape index (κ2) is 9.65. The maximum absolute atomic E-state index is 12.2. The molecular formula is C20H21ClN3O2-. The number of methoxy groups -OCH3 is 1. The third-order valence-electron chi connectivity index (χ3n) is 3.83. The van der Waals surface area contributed by atoms with E-state index in [0.29, 0.717) is 6.54 Å². The van der Waals surface area contributed by atoms with Crippen LogP contribution in [-0.4, -0.2) is 24.1 Å². The average molecular weight is 371 g/mol. The van der Waals surface area contributed by atoms with Crippen LogP contribution in [0.15, 0.2) is 73.1 Å². The zero-order chi connectivity index (χ0) is 17.5. The Morgan fingerprint density at radius 1 is 1.00 bits per heavy atom. The van der Waals surface area contributed by atoms with Gasteiger partial charge in [-0.25, -0.2) is 0 Å². The number of hydrogen-bond donors (Lipinski definition) is 2. The molecule has 0 spiro atoms. The van der Waals surface area contributed by atoms with Crippen LogP contribution in [-0.2, 0) is 11.3 Å². The minimum Gasteiger partial charge on any atom is -1.00 e. The van der Waals surface area contributed by atoms with Gasteiger partial charge in [0.2, 0.25) is 5.91 Å². The smallest absolute Gasteiger partial charge is 0.238 e. The van der Waals surface area contributed by atoms with Crippen molar-refractivity contribution in [3.63, 3.8) is 0 Å². The molecule has 0 unspecified atom stereocenters. The largest absolute Gasteiger partial charge is 1.00 e. The third-order valence-corrected chi connectivity index (χ3v) is 3.83. The summed E-state index contributed by atoms with van der Waals surface area (Å²) < 4.78 is 7.11. The minimum absolute atomic E-state index is 0. The molecule has 3 aromatic rings. The van der Waals surface area contributed by atoms with Crippen molar-refractivity contribution in [2.75, 3.05) is 19.0 Å². The standard InChI is InChI=1S/C20H21N3O2.ClH/c1-25-17-10-8-16(9-11-17)14-21-15-20(24)22-18-6-2-3-7-19(18)23-12-4-5-13-23;/h2-13,21H,14-15H2,1H3,(H,22,24);1H/p-1. The summed E-state index contributed by atoms with van der Waals surface area (Å²) in [4.78, 5) is 12.2. The van der Waals surface area contributed by atoms with Crippen molar-refractivity contribution < 1.29 is 21.9 Å². The van der Waals surface area contributed by atoms with Crippen LogP contribution in [0.4, 0.5) is 5.69 Å². The van der Waals surface area contributed by atoms with Crippen molar-refractivity contribution in [2.24, 2.45) is 0 Å². The molecule has 5 nitrogen and oxygen atoms in total. The zero-order valence-corrected chi connectivity index (χ0v) is 15.2. The number of nitrogens with one attached hydrogen (secondary N) is 2. The third kappa shape index (κ3) is 5.12. The van der Waals surface area contributed by atoms with Crippen molar-refractivity contribution in [1.29, 1.82) is 0 Å². The first-order chi connectivity index (χ1) is 12.3. The second-order valence-corrected chi connectivity index (χ2v) is 5.61. The maximum Gasteiger partial charge on any atom is 0.238 e. The van der Waals surface area contributed by atoms with Crippen molar-refractivity contribution in [3.05, 3.63) is 78.6 Å². The van der Waals surface area contributed by atoms with E-state index in [0.717, 1.165) is 22.7 Å². The van der Waals surface area contributed by atoms with E-state index < -0.39 is 0 Å². The van der Waals surface area contributed by atoms with Gasteiger partial charge in [0.15, 0.2) is 0 Å². The first-order valence-electron chi connectivity index (χ1n) is 8.12. The molecule has 1 heterocycles. The summed E-state index contributed by atoms with van der Waals surface area (Å²) >= 11 is 0. The monoisotopic (exact) mass is 370 g/mol. The molecule has 2 N–H and O–H groups in total. The SMILES string of the molecule is COc1ccc(CNCC(=O)Nc2ccccc2-n2cccc2)cc1.[Cl-]. The summed E-state index contributed by atoms with van der Waals surface area (Å²) in [6, 6.07) is 19.4. The molecule has 0 saturated carbocycles. The van der Waals surface area contributed by atoms with E-state index in [1.54, 1.807) is 7.11 Å². The highest BCUT2D eigenvalue weighted by Gasteiger charge is 2.07. The minimum atomic E-state index is -0.0758. The van der Waals surface area contributed by atoms with E-state index in [1.165, 1.54) is 0 Å². The summed E-state index contributed by atoms with van der Waals surface area (Å²) in [5.74, 6) is 0.747. The quantitative estimate of drug-likeness (QED) is 0.625. The predicted molar refractivity (Wildman–Crippen MR) is 99.1 cm³/mol. The first-order valence-corrected chi connectivity index (χ1v) is 8.12. The number of benzene rings is 2. The van der Waals surface area contributed by atoms with Crippen molar-refractivity contribution in [3.8, 4) is 11.4 Å². The number of hydrogen-bond acceptors (Lipinski definition) is 3. The van der Waals surface area contributed by atoms with Gasteiger partial charge in [0.25, 0.3) is 0 Å². The molecule has 6 heteroatoms. The Morgan fingerprint density at radius 2 is 1.69 bits per heavy atom. The van der Waals surface area contributed by atoms with E-state index in [9.17, 15) is 4.79 Å². The van der Waals surface area contributed by atoms with Crippen LogP contribution in [0.3, 0.4) is 0 Å². The van der Waals surface area contributed by atoms with Crippen LogP contribution in [0.2, 0.25) is 0 Å². The van der Waals surface area contributed by atoms with Gasteiger partial charge in [-0.1, -0.05) is 24.3 Å². The molecule has 0 saturated heterocycles. The normalized spacial score (nSPS) is 10.0. The molecule has 0 atom stereocenters. The lowest BCUT2D eigenvalue weighted by Crippen LogP contribution is -3.00. The number of carbonyl (C=O) groups is 1. The lowest BCUT2D eigenvalue weighted by Gasteiger charge is -2.12. The van der Waals surface area contributed by atoms with Crippen LogP contribution in [0.25, 0.3) is 5.69 Å². The van der Waals surface area contributed by atoms with Gasteiger partial charge >= 0.3 is 0 Å². The van der Waals surface area contributed by atoms with Crippen LogP contribution in [0, 0.1) is 0 Å². The number of para-hydroxylation sites is 2. The van der Waals surface area contributed by atoms with Crippen molar-refractivity contribution in [2.45, 2.75) is 6.54 Å². The van der Waals surface area contributed by atoms with Gasteiger partial charge in [-0.2, -0.15) is 0 Å². The van der Waals surface area contributed by atoms with Gasteiger partial charge < -0.3 is 32.3 Å². The zero-order valence-electron chi connectivity index (χ0n) is 14.5. The number of rotatable bonds is 7. The summed E-state index contributed by atoms with van der Waals surface area (Å²) in [5, 5.41) is 6.11. The molecule has 26 heavy (non-hydrogen) atoms. The fourth-order valence-electron chi connectivity index (χ4n) is 2.56. The Labute approximate surface area is 159 Å². The number of amides is 1. The first kappa shape index (κ1) is 19.6. The highest BCUT2D eigenvalue weighted by molar-refractivity contribution is 5.94. The van der Waals surface area contributed by atoms with Gasteiger partial charge in [-0.15, -0.1) is 0 Å². The summed E-state index contributed by atoms with van der Waals surface area (Å²) in [5.41, 5.74) is 2.83. The lowest BCUT2D eigenvalue weighted by atomic mass is 10.2. The molecule has 1 aromatic heterocycles. The average Bonchev–Trinajstić information content (AvgIpc) is 3.17. The molecule has 1 amide bonds. The van der Waals surface area contributed by atoms with Gasteiger partial charge in [0.05, 0.1) is 25.0 Å². The van der Waals surface area contributed by atoms with Gasteiger partial charge in [0, 0.05) is 18.9 Å². The summed E-state index contributed by atoms with van der Waals surface area (Å²) in [6.07, 6.45) is 3.90. The molecule has 0 aliphatic heterocycles. The Hall–Kier alpha value is -2.76. The molecule has 0 bridgehead atoms. The summed E-state index contributed by atoms with van der Waals surface area (Å²) in [7, 11) is 1.64. The molecule has 0 aliphatic rings. The fourth-order valence-corrected chi connectivity index (χ4v) is 2.56. The number of nitrogens with zero attached hydrogens (tertiary/aromatic N) is 1. The Kier molecular flexibility index (Phi) is 7.26. The Morgan fingerprint density at radius 3 is 2.38 bits per heavy atom. The highest BCUT2D eigenvalue weighted by atomic mass is 35.5. The molecule has 0 fully saturated rings. The molecule has 2 aromatic carbocycles. The Bertz CT molecular complexity index is 817. The maximum atomic E-state index is 12.2. The predicted octanol–water partition coefficient (Wildman–Crippen LogP) is 0.218. The van der Waals surface area contributed by atoms with Crippen molar-refractivity contribution >= 4 is 11.6 Å². The van der Waals surface area contributed by atoms with Gasteiger partial charge in [0.1, 0.15) is 5.75 Å². The van der Waals surface area contributed by atoms with Gasteiger partial charge in [-0.05, 0) is 42.0 Å². The van der Waals surface area contributed by atoms with Gasteiger partial charge in [-0.3, -0.25) is 4.79 Å². The van der Waals surface area contributed by atoms with Crippen LogP contribution in [0.1, 0.15) is 5.56 Å². The Balaban J connectivity index is 0.00000243.